The first kappa shape index (κ1) is 15.0. The summed E-state index contributed by atoms with van der Waals surface area (Å²) in [6.45, 7) is 3.32. The molecule has 1 saturated carbocycles. The molecule has 4 rings (SSSR count). The second-order valence-corrected chi connectivity index (χ2v) is 7.51. The van der Waals surface area contributed by atoms with Crippen LogP contribution in [0.4, 0.5) is 5.69 Å². The van der Waals surface area contributed by atoms with Crippen LogP contribution in [0.25, 0.3) is 0 Å². The molecular weight excluding hydrogens is 286 g/mol. The van der Waals surface area contributed by atoms with Crippen LogP contribution in [-0.2, 0) is 6.54 Å². The smallest absolute Gasteiger partial charge is 0.256 e. The lowest BCUT2D eigenvalue weighted by molar-refractivity contribution is 0.0817. The van der Waals surface area contributed by atoms with E-state index in [0.717, 1.165) is 18.2 Å². The zero-order valence-corrected chi connectivity index (χ0v) is 14.1. The lowest BCUT2D eigenvalue weighted by atomic mass is 9.79. The van der Waals surface area contributed by atoms with E-state index in [1.165, 1.54) is 62.7 Å². The Morgan fingerprint density at radius 2 is 1.78 bits per heavy atom. The highest BCUT2D eigenvalue weighted by atomic mass is 16.2. The Kier molecular flexibility index (Phi) is 3.80. The number of nitrogen functional groups attached to an aromatic ring is 1. The summed E-state index contributed by atoms with van der Waals surface area (Å²) in [6.07, 6.45) is 7.84. The second kappa shape index (κ2) is 5.82. The van der Waals surface area contributed by atoms with Crippen LogP contribution in [0.3, 0.4) is 0 Å². The van der Waals surface area contributed by atoms with Crippen LogP contribution in [0.5, 0.6) is 0 Å². The number of hydrogen-bond acceptors (Lipinski definition) is 3. The lowest BCUT2D eigenvalue weighted by Gasteiger charge is -2.35. The van der Waals surface area contributed by atoms with Gasteiger partial charge in [0.05, 0.1) is 5.56 Å². The van der Waals surface area contributed by atoms with Crippen LogP contribution in [0, 0.1) is 0 Å². The van der Waals surface area contributed by atoms with Gasteiger partial charge in [-0.05, 0) is 74.7 Å². The van der Waals surface area contributed by atoms with Gasteiger partial charge in [-0.3, -0.25) is 4.79 Å². The summed E-state index contributed by atoms with van der Waals surface area (Å²) in [6, 6.07) is 4.92. The fourth-order valence-electron chi connectivity index (χ4n) is 4.85. The molecule has 0 aromatic heterocycles. The minimum absolute atomic E-state index is 0.0881. The van der Waals surface area contributed by atoms with Gasteiger partial charge in [0.1, 0.15) is 0 Å². The van der Waals surface area contributed by atoms with E-state index in [1.54, 1.807) is 4.90 Å². The second-order valence-electron chi connectivity index (χ2n) is 7.51. The average Bonchev–Trinajstić information content (AvgIpc) is 3.18. The zero-order chi connectivity index (χ0) is 16.0. The van der Waals surface area contributed by atoms with Crippen molar-refractivity contribution in [2.24, 2.45) is 0 Å². The molecule has 23 heavy (non-hydrogen) atoms. The molecule has 0 unspecified atom stereocenters. The SMILES string of the molecule is CN1Cc2c(C3CCC(N4CCCC4)CC3)ccc(N)c2C1=O. The molecule has 3 aliphatic rings. The van der Waals surface area contributed by atoms with Gasteiger partial charge in [-0.2, -0.15) is 0 Å². The minimum Gasteiger partial charge on any atom is -0.398 e. The Hall–Kier alpha value is -1.55. The first-order valence-corrected chi connectivity index (χ1v) is 9.06. The Morgan fingerprint density at radius 3 is 2.48 bits per heavy atom. The van der Waals surface area contributed by atoms with Crippen LogP contribution >= 0.6 is 0 Å². The Balaban J connectivity index is 1.53. The number of benzene rings is 1. The third-order valence-electron chi connectivity index (χ3n) is 6.13. The van der Waals surface area contributed by atoms with E-state index in [0.29, 0.717) is 11.6 Å². The van der Waals surface area contributed by atoms with Gasteiger partial charge < -0.3 is 15.5 Å². The van der Waals surface area contributed by atoms with Crippen molar-refractivity contribution in [3.05, 3.63) is 28.8 Å². The number of rotatable bonds is 2. The minimum atomic E-state index is 0.0881. The number of anilines is 1. The van der Waals surface area contributed by atoms with Gasteiger partial charge in [0.15, 0.2) is 0 Å². The molecule has 0 bridgehead atoms. The van der Waals surface area contributed by atoms with E-state index in [1.807, 2.05) is 13.1 Å². The number of nitrogens with zero attached hydrogens (tertiary/aromatic N) is 2. The highest BCUT2D eigenvalue weighted by Gasteiger charge is 2.33. The standard InChI is InChI=1S/C19H27N3O/c1-21-12-16-15(8-9-17(20)18(16)19(21)23)13-4-6-14(7-5-13)22-10-2-3-11-22/h8-9,13-14H,2-7,10-12,20H2,1H3. The predicted molar refractivity (Wildman–Crippen MR) is 92.5 cm³/mol. The van der Waals surface area contributed by atoms with Crippen molar-refractivity contribution in [3.8, 4) is 0 Å². The number of nitrogens with two attached hydrogens (primary N) is 1. The molecule has 1 aromatic carbocycles. The number of likely N-dealkylation sites (tertiary alicyclic amines) is 1. The first-order valence-electron chi connectivity index (χ1n) is 9.06. The molecule has 4 nitrogen and oxygen atoms in total. The molecule has 1 aliphatic carbocycles. The highest BCUT2D eigenvalue weighted by Crippen LogP contribution is 2.40. The highest BCUT2D eigenvalue weighted by molar-refractivity contribution is 6.03. The lowest BCUT2D eigenvalue weighted by Crippen LogP contribution is -2.35. The van der Waals surface area contributed by atoms with E-state index < -0.39 is 0 Å². The third-order valence-corrected chi connectivity index (χ3v) is 6.13. The normalized spacial score (nSPS) is 28.4. The van der Waals surface area contributed by atoms with Gasteiger partial charge in [0, 0.05) is 25.3 Å². The van der Waals surface area contributed by atoms with Crippen LogP contribution in [0.2, 0.25) is 0 Å². The monoisotopic (exact) mass is 313 g/mol. The maximum Gasteiger partial charge on any atom is 0.256 e. The summed E-state index contributed by atoms with van der Waals surface area (Å²) in [7, 11) is 1.87. The van der Waals surface area contributed by atoms with E-state index in [-0.39, 0.29) is 5.91 Å². The molecule has 0 spiro atoms. The molecule has 1 amide bonds. The summed E-state index contributed by atoms with van der Waals surface area (Å²) in [5, 5.41) is 0. The van der Waals surface area contributed by atoms with Crippen molar-refractivity contribution < 1.29 is 4.79 Å². The van der Waals surface area contributed by atoms with Gasteiger partial charge in [-0.15, -0.1) is 0 Å². The van der Waals surface area contributed by atoms with Crippen LogP contribution in [-0.4, -0.2) is 41.9 Å². The fourth-order valence-corrected chi connectivity index (χ4v) is 4.85. The van der Waals surface area contributed by atoms with Gasteiger partial charge in [-0.1, -0.05) is 6.07 Å². The van der Waals surface area contributed by atoms with Gasteiger partial charge >= 0.3 is 0 Å². The Morgan fingerprint density at radius 1 is 1.09 bits per heavy atom. The maximum absolute atomic E-state index is 12.3. The van der Waals surface area contributed by atoms with Crippen LogP contribution in [0.1, 0.15) is 65.9 Å². The molecule has 124 valence electrons. The topological polar surface area (TPSA) is 49.6 Å². The predicted octanol–water partition coefficient (Wildman–Crippen LogP) is 2.98. The largest absolute Gasteiger partial charge is 0.398 e. The summed E-state index contributed by atoms with van der Waals surface area (Å²) < 4.78 is 0. The van der Waals surface area contributed by atoms with Crippen molar-refractivity contribution in [1.29, 1.82) is 0 Å². The van der Waals surface area contributed by atoms with Crippen molar-refractivity contribution in [1.82, 2.24) is 9.80 Å². The van der Waals surface area contributed by atoms with Crippen LogP contribution < -0.4 is 5.73 Å². The molecule has 2 aliphatic heterocycles. The molecule has 1 aromatic rings. The molecule has 1 saturated heterocycles. The first-order chi connectivity index (χ1) is 11.1. The Labute approximate surface area is 138 Å². The maximum atomic E-state index is 12.3. The van der Waals surface area contributed by atoms with Crippen LogP contribution in [0.15, 0.2) is 12.1 Å². The van der Waals surface area contributed by atoms with Crippen molar-refractivity contribution in [2.45, 2.75) is 57.0 Å². The van der Waals surface area contributed by atoms with E-state index in [9.17, 15) is 4.79 Å². The zero-order valence-electron chi connectivity index (χ0n) is 14.1. The molecule has 4 heteroatoms. The van der Waals surface area contributed by atoms with Gasteiger partial charge in [0.2, 0.25) is 0 Å². The summed E-state index contributed by atoms with van der Waals surface area (Å²) in [5.41, 5.74) is 10.1. The number of amides is 1. The number of carbonyl (C=O) groups excluding carboxylic acids is 1. The number of hydrogen-bond donors (Lipinski definition) is 1. The van der Waals surface area contributed by atoms with Gasteiger partial charge in [0.25, 0.3) is 5.91 Å². The summed E-state index contributed by atoms with van der Waals surface area (Å²) in [4.78, 5) is 16.8. The third kappa shape index (κ3) is 2.53. The summed E-state index contributed by atoms with van der Waals surface area (Å²) in [5.74, 6) is 0.688. The van der Waals surface area contributed by atoms with E-state index in [4.69, 9.17) is 5.73 Å². The Bertz CT molecular complexity index is 613. The van der Waals surface area contributed by atoms with Gasteiger partial charge in [-0.25, -0.2) is 0 Å². The molecule has 2 heterocycles. The van der Waals surface area contributed by atoms with Crippen molar-refractivity contribution in [3.63, 3.8) is 0 Å². The fraction of sp³-hybridized carbons (Fsp3) is 0.632. The quantitative estimate of drug-likeness (QED) is 0.854. The van der Waals surface area contributed by atoms with Crippen molar-refractivity contribution >= 4 is 11.6 Å². The number of carbonyl (C=O) groups is 1. The molecule has 0 radical (unpaired) electrons. The molecule has 2 fully saturated rings. The molecule has 2 N–H and O–H groups in total. The van der Waals surface area contributed by atoms with E-state index >= 15 is 0 Å². The molecular formula is C19H27N3O. The summed E-state index contributed by atoms with van der Waals surface area (Å²) >= 11 is 0. The van der Waals surface area contributed by atoms with Crippen molar-refractivity contribution in [2.75, 3.05) is 25.9 Å². The number of fused-ring (bicyclic) bond motifs is 1. The van der Waals surface area contributed by atoms with E-state index in [2.05, 4.69) is 11.0 Å². The average molecular weight is 313 g/mol. The molecule has 0 atom stereocenters.